The fraction of sp³-hybridized carbons (Fsp3) is 0.812. The normalized spacial score (nSPS) is 31.8. The van der Waals surface area contributed by atoms with Crippen LogP contribution in [0.25, 0.3) is 0 Å². The standard InChI is InChI=1S/C32H55N3O5/c1-22-20-24(33-9)26(39-25-14-12-18-35-23(25)2)27(38-22)40-28-30(3,4)15-13-17-34-16-10-11-19-37-29(36)32(7,8)21-31(28,5)6/h12,14,18,22,24,26-28,33-34H,10-11,13,15-17,19-21H2,1-9H3/t22-,24+,26-,27+,28?/m1/s1. The van der Waals surface area contributed by atoms with Gasteiger partial charge < -0.3 is 29.6 Å². The number of nitrogens with zero attached hydrogens (tertiary/aromatic N) is 1. The van der Waals surface area contributed by atoms with E-state index in [1.165, 1.54) is 0 Å². The molecule has 3 heterocycles. The minimum absolute atomic E-state index is 0.00129. The molecule has 1 aromatic heterocycles. The van der Waals surface area contributed by atoms with Crippen molar-refractivity contribution in [2.24, 2.45) is 16.2 Å². The Morgan fingerprint density at radius 3 is 2.50 bits per heavy atom. The second kappa shape index (κ2) is 14.0. The zero-order chi connectivity index (χ0) is 29.6. The summed E-state index contributed by atoms with van der Waals surface area (Å²) in [6.45, 7) is 19.4. The maximum absolute atomic E-state index is 13.2. The molecule has 0 saturated carbocycles. The third-order valence-electron chi connectivity index (χ3n) is 8.51. The quantitative estimate of drug-likeness (QED) is 0.461. The predicted molar refractivity (Wildman–Crippen MR) is 158 cm³/mol. The van der Waals surface area contributed by atoms with Gasteiger partial charge in [-0.15, -0.1) is 0 Å². The molecule has 40 heavy (non-hydrogen) atoms. The average molecular weight is 562 g/mol. The third-order valence-corrected chi connectivity index (χ3v) is 8.51. The van der Waals surface area contributed by atoms with Crippen LogP contribution in [0, 0.1) is 23.2 Å². The number of cyclic esters (lactones) is 1. The van der Waals surface area contributed by atoms with Crippen molar-refractivity contribution in [3.8, 4) is 5.75 Å². The van der Waals surface area contributed by atoms with Crippen LogP contribution in [0.3, 0.4) is 0 Å². The highest BCUT2D eigenvalue weighted by molar-refractivity contribution is 5.76. The monoisotopic (exact) mass is 561 g/mol. The van der Waals surface area contributed by atoms with Gasteiger partial charge in [0.15, 0.2) is 12.4 Å². The van der Waals surface area contributed by atoms with Crippen molar-refractivity contribution in [2.45, 2.75) is 125 Å². The van der Waals surface area contributed by atoms with E-state index in [9.17, 15) is 4.79 Å². The van der Waals surface area contributed by atoms with E-state index >= 15 is 0 Å². The maximum atomic E-state index is 13.2. The van der Waals surface area contributed by atoms with Gasteiger partial charge in [0.1, 0.15) is 5.75 Å². The molecular weight excluding hydrogens is 506 g/mol. The van der Waals surface area contributed by atoms with Crippen LogP contribution in [0.4, 0.5) is 0 Å². The summed E-state index contributed by atoms with van der Waals surface area (Å²) in [7, 11) is 1.96. The molecule has 8 heteroatoms. The molecule has 8 nitrogen and oxygen atoms in total. The Kier molecular flexibility index (Phi) is 11.4. The molecule has 0 spiro atoms. The van der Waals surface area contributed by atoms with Crippen molar-refractivity contribution in [2.75, 3.05) is 26.7 Å². The van der Waals surface area contributed by atoms with Gasteiger partial charge in [0.25, 0.3) is 0 Å². The number of hydrogen-bond donors (Lipinski definition) is 2. The van der Waals surface area contributed by atoms with Gasteiger partial charge in [-0.05, 0) is 109 Å². The van der Waals surface area contributed by atoms with Crippen LogP contribution in [0.2, 0.25) is 0 Å². The predicted octanol–water partition coefficient (Wildman–Crippen LogP) is 5.42. The van der Waals surface area contributed by atoms with E-state index in [1.54, 1.807) is 6.20 Å². The lowest BCUT2D eigenvalue weighted by atomic mass is 9.64. The zero-order valence-electron chi connectivity index (χ0n) is 26.5. The van der Waals surface area contributed by atoms with Crippen LogP contribution in [0.5, 0.6) is 5.75 Å². The second-order valence-electron chi connectivity index (χ2n) is 13.9. The van der Waals surface area contributed by atoms with Gasteiger partial charge >= 0.3 is 5.97 Å². The molecule has 0 aromatic carbocycles. The molecule has 1 unspecified atom stereocenters. The van der Waals surface area contributed by atoms with Gasteiger partial charge in [-0.25, -0.2) is 0 Å². The maximum Gasteiger partial charge on any atom is 0.311 e. The molecule has 0 aliphatic carbocycles. The van der Waals surface area contributed by atoms with Crippen LogP contribution in [-0.2, 0) is 19.0 Å². The Morgan fingerprint density at radius 2 is 1.80 bits per heavy atom. The number of esters is 1. The molecular formula is C32H55N3O5. The van der Waals surface area contributed by atoms with Gasteiger partial charge in [-0.3, -0.25) is 9.78 Å². The summed E-state index contributed by atoms with van der Waals surface area (Å²) in [6, 6.07) is 3.88. The topological polar surface area (TPSA) is 90.9 Å². The SMILES string of the molecule is CN[C@H]1C[C@@H](C)O[C@@H](OC2C(C)(C)CCCNCCCCOC(=O)C(C)(C)CC2(C)C)[C@@H]1Oc1cccnc1C. The van der Waals surface area contributed by atoms with Gasteiger partial charge in [0, 0.05) is 6.20 Å². The highest BCUT2D eigenvalue weighted by atomic mass is 16.7. The number of pyridine rings is 1. The second-order valence-corrected chi connectivity index (χ2v) is 13.9. The fourth-order valence-electron chi connectivity index (χ4n) is 6.81. The van der Waals surface area contributed by atoms with E-state index in [-0.39, 0.29) is 41.2 Å². The van der Waals surface area contributed by atoms with E-state index in [0.717, 1.165) is 56.6 Å². The summed E-state index contributed by atoms with van der Waals surface area (Å²) in [5.74, 6) is 0.584. The van der Waals surface area contributed by atoms with Crippen molar-refractivity contribution in [3.05, 3.63) is 24.0 Å². The first-order chi connectivity index (χ1) is 18.8. The number of carbonyl (C=O) groups is 1. The van der Waals surface area contributed by atoms with Gasteiger partial charge in [0.05, 0.1) is 36.0 Å². The number of aryl methyl sites for hydroxylation is 1. The van der Waals surface area contributed by atoms with E-state index in [2.05, 4.69) is 50.2 Å². The molecule has 2 aliphatic heterocycles. The van der Waals surface area contributed by atoms with Gasteiger partial charge in [0.2, 0.25) is 0 Å². The summed E-state index contributed by atoms with van der Waals surface area (Å²) in [5, 5.41) is 7.01. The number of ether oxygens (including phenoxy) is 4. The van der Waals surface area contributed by atoms with Crippen molar-refractivity contribution in [1.82, 2.24) is 15.6 Å². The lowest BCUT2D eigenvalue weighted by molar-refractivity contribution is -0.285. The number of rotatable bonds is 5. The van der Waals surface area contributed by atoms with Crippen molar-refractivity contribution in [3.63, 3.8) is 0 Å². The first kappa shape index (κ1) is 32.8. The molecule has 3 rings (SSSR count). The lowest BCUT2D eigenvalue weighted by Gasteiger charge is -2.50. The molecule has 5 atom stereocenters. The van der Waals surface area contributed by atoms with E-state index in [4.69, 9.17) is 18.9 Å². The number of aromatic nitrogens is 1. The first-order valence-electron chi connectivity index (χ1n) is 15.2. The van der Waals surface area contributed by atoms with Crippen LogP contribution < -0.4 is 15.4 Å². The largest absolute Gasteiger partial charge is 0.482 e. The Balaban J connectivity index is 1.96. The highest BCUT2D eigenvalue weighted by Gasteiger charge is 2.50. The van der Waals surface area contributed by atoms with Gasteiger partial charge in [-0.2, -0.15) is 0 Å². The summed E-state index contributed by atoms with van der Waals surface area (Å²) < 4.78 is 26.0. The van der Waals surface area contributed by atoms with Gasteiger partial charge in [-0.1, -0.05) is 27.7 Å². The first-order valence-corrected chi connectivity index (χ1v) is 15.2. The number of likely N-dealkylation sites (N-methyl/N-ethyl adjacent to an activating group) is 1. The molecule has 0 radical (unpaired) electrons. The molecule has 2 N–H and O–H groups in total. The fourth-order valence-corrected chi connectivity index (χ4v) is 6.81. The smallest absolute Gasteiger partial charge is 0.311 e. The third kappa shape index (κ3) is 8.63. The van der Waals surface area contributed by atoms with Crippen LogP contribution in [-0.4, -0.2) is 68.3 Å². The molecule has 2 aliphatic rings. The number of nitrogens with one attached hydrogen (secondary N) is 2. The molecule has 0 bridgehead atoms. The summed E-state index contributed by atoms with van der Waals surface area (Å²) in [4.78, 5) is 17.6. The number of hydrogen-bond acceptors (Lipinski definition) is 8. The number of carbonyl (C=O) groups excluding carboxylic acids is 1. The molecule has 228 valence electrons. The van der Waals surface area contributed by atoms with Crippen molar-refractivity contribution in [1.29, 1.82) is 0 Å². The van der Waals surface area contributed by atoms with Crippen molar-refractivity contribution < 1.29 is 23.7 Å². The molecule has 2 saturated heterocycles. The van der Waals surface area contributed by atoms with Crippen LogP contribution >= 0.6 is 0 Å². The van der Waals surface area contributed by atoms with E-state index in [0.29, 0.717) is 13.0 Å². The minimum atomic E-state index is -0.656. The molecule has 1 aromatic rings. The zero-order valence-corrected chi connectivity index (χ0v) is 26.5. The average Bonchev–Trinajstić information content (AvgIpc) is 2.87. The lowest BCUT2D eigenvalue weighted by Crippen LogP contribution is -2.59. The van der Waals surface area contributed by atoms with E-state index < -0.39 is 11.7 Å². The minimum Gasteiger partial charge on any atom is -0.482 e. The summed E-state index contributed by atoms with van der Waals surface area (Å²) in [5.41, 5.74) is -0.388. The summed E-state index contributed by atoms with van der Waals surface area (Å²) in [6.07, 6.45) is 5.90. The highest BCUT2D eigenvalue weighted by Crippen LogP contribution is 2.47. The van der Waals surface area contributed by atoms with Crippen molar-refractivity contribution >= 4 is 5.97 Å². The summed E-state index contributed by atoms with van der Waals surface area (Å²) >= 11 is 0. The van der Waals surface area contributed by atoms with Crippen LogP contribution in [0.15, 0.2) is 18.3 Å². The van der Waals surface area contributed by atoms with Crippen LogP contribution in [0.1, 0.15) is 92.7 Å². The van der Waals surface area contributed by atoms with E-state index in [1.807, 2.05) is 40.0 Å². The molecule has 2 fully saturated rings. The Hall–Kier alpha value is -1.74. The Morgan fingerprint density at radius 1 is 1.07 bits per heavy atom. The molecule has 0 amide bonds. The Bertz CT molecular complexity index is 950. The Labute approximate surface area is 242 Å².